The Balaban J connectivity index is 2.08. The molecule has 2 aliphatic heterocycles. The van der Waals surface area contributed by atoms with E-state index in [0.717, 1.165) is 32.2 Å². The van der Waals surface area contributed by atoms with Crippen molar-refractivity contribution in [2.24, 2.45) is 11.8 Å². The van der Waals surface area contributed by atoms with Crippen molar-refractivity contribution in [2.75, 3.05) is 19.6 Å². The molecule has 2 saturated heterocycles. The average molecular weight is 254 g/mol. The van der Waals surface area contributed by atoms with Crippen molar-refractivity contribution in [3.8, 4) is 0 Å². The van der Waals surface area contributed by atoms with E-state index in [0.29, 0.717) is 13.1 Å². The molecule has 3 atom stereocenters. The zero-order valence-corrected chi connectivity index (χ0v) is 10.9. The lowest BCUT2D eigenvalue weighted by Crippen LogP contribution is -2.55. The summed E-state index contributed by atoms with van der Waals surface area (Å²) in [6.45, 7) is 4.17. The normalized spacial score (nSPS) is 33.2. The maximum Gasteiger partial charge on any atom is 0.326 e. The molecule has 2 fully saturated rings. The topological polar surface area (TPSA) is 69.6 Å². The predicted molar refractivity (Wildman–Crippen MR) is 67.1 cm³/mol. The number of likely N-dealkylation sites (tertiary alicyclic amines) is 1. The number of piperidine rings is 2. The Bertz CT molecular complexity index is 326. The van der Waals surface area contributed by atoms with Crippen LogP contribution in [0.1, 0.15) is 32.6 Å². The number of carbonyl (C=O) groups excluding carboxylic acids is 1. The van der Waals surface area contributed by atoms with Crippen LogP contribution in [0.3, 0.4) is 0 Å². The summed E-state index contributed by atoms with van der Waals surface area (Å²) in [6, 6.07) is -0.631. The Labute approximate surface area is 108 Å². The molecule has 0 bridgehead atoms. The number of nitrogens with zero attached hydrogens (tertiary/aromatic N) is 1. The Morgan fingerprint density at radius 2 is 2.06 bits per heavy atom. The fourth-order valence-electron chi connectivity index (χ4n) is 3.11. The van der Waals surface area contributed by atoms with Gasteiger partial charge in [0.2, 0.25) is 5.91 Å². The molecule has 2 N–H and O–H groups in total. The monoisotopic (exact) mass is 254 g/mol. The first-order chi connectivity index (χ1) is 8.61. The number of carboxylic acid groups (broad SMARTS) is 1. The highest BCUT2D eigenvalue weighted by Crippen LogP contribution is 2.26. The molecule has 5 heteroatoms. The van der Waals surface area contributed by atoms with E-state index in [2.05, 4.69) is 5.32 Å². The van der Waals surface area contributed by atoms with Crippen LogP contribution in [0.15, 0.2) is 0 Å². The lowest BCUT2D eigenvalue weighted by Gasteiger charge is -2.39. The number of amides is 1. The number of carboxylic acids is 1. The highest BCUT2D eigenvalue weighted by atomic mass is 16.4. The second-order valence-electron chi connectivity index (χ2n) is 5.48. The van der Waals surface area contributed by atoms with Crippen LogP contribution in [0.4, 0.5) is 0 Å². The van der Waals surface area contributed by atoms with Crippen LogP contribution >= 0.6 is 0 Å². The summed E-state index contributed by atoms with van der Waals surface area (Å²) in [5, 5.41) is 12.5. The second kappa shape index (κ2) is 5.69. The minimum absolute atomic E-state index is 0.0288. The summed E-state index contributed by atoms with van der Waals surface area (Å²) in [4.78, 5) is 25.4. The summed E-state index contributed by atoms with van der Waals surface area (Å²) in [7, 11) is 0. The first-order valence-electron chi connectivity index (χ1n) is 6.85. The number of aliphatic carboxylic acids is 1. The number of hydrogen-bond donors (Lipinski definition) is 2. The molecule has 102 valence electrons. The molecular weight excluding hydrogens is 232 g/mol. The number of rotatable bonds is 2. The highest BCUT2D eigenvalue weighted by molar-refractivity contribution is 5.85. The van der Waals surface area contributed by atoms with Gasteiger partial charge in [-0.3, -0.25) is 4.79 Å². The number of carbonyl (C=O) groups is 2. The molecule has 2 rings (SSSR count). The Morgan fingerprint density at radius 3 is 2.67 bits per heavy atom. The maximum absolute atomic E-state index is 12.4. The van der Waals surface area contributed by atoms with Gasteiger partial charge < -0.3 is 15.3 Å². The van der Waals surface area contributed by atoms with Gasteiger partial charge in [0.05, 0.1) is 5.92 Å². The van der Waals surface area contributed by atoms with Gasteiger partial charge in [0.15, 0.2) is 0 Å². The third-order valence-electron chi connectivity index (χ3n) is 4.12. The zero-order chi connectivity index (χ0) is 13.1. The van der Waals surface area contributed by atoms with Gasteiger partial charge in [-0.15, -0.1) is 0 Å². The van der Waals surface area contributed by atoms with Gasteiger partial charge in [-0.25, -0.2) is 4.79 Å². The van der Waals surface area contributed by atoms with E-state index >= 15 is 0 Å². The van der Waals surface area contributed by atoms with Crippen molar-refractivity contribution < 1.29 is 14.7 Å². The third kappa shape index (κ3) is 2.66. The SMILES string of the molecule is CC1CCCN(C(=O)C2CCCNC2)C1C(=O)O. The smallest absolute Gasteiger partial charge is 0.326 e. The Morgan fingerprint density at radius 1 is 1.28 bits per heavy atom. The van der Waals surface area contributed by atoms with Crippen molar-refractivity contribution in [1.82, 2.24) is 10.2 Å². The molecule has 0 aliphatic carbocycles. The zero-order valence-electron chi connectivity index (χ0n) is 10.9. The first kappa shape index (κ1) is 13.3. The molecule has 1 amide bonds. The molecule has 18 heavy (non-hydrogen) atoms. The summed E-state index contributed by atoms with van der Waals surface area (Å²) in [5.74, 6) is -0.817. The molecule has 0 saturated carbocycles. The van der Waals surface area contributed by atoms with Crippen molar-refractivity contribution in [2.45, 2.75) is 38.6 Å². The van der Waals surface area contributed by atoms with Gasteiger partial charge in [-0.05, 0) is 38.1 Å². The van der Waals surface area contributed by atoms with E-state index in [1.165, 1.54) is 0 Å². The van der Waals surface area contributed by atoms with Crippen LogP contribution in [0.2, 0.25) is 0 Å². The second-order valence-corrected chi connectivity index (χ2v) is 5.48. The van der Waals surface area contributed by atoms with E-state index < -0.39 is 12.0 Å². The molecule has 0 aromatic rings. The van der Waals surface area contributed by atoms with Crippen LogP contribution in [-0.2, 0) is 9.59 Å². The van der Waals surface area contributed by atoms with Crippen LogP contribution in [0, 0.1) is 11.8 Å². The van der Waals surface area contributed by atoms with Crippen molar-refractivity contribution in [3.05, 3.63) is 0 Å². The lowest BCUT2D eigenvalue weighted by molar-refractivity contribution is -0.156. The van der Waals surface area contributed by atoms with E-state index in [9.17, 15) is 14.7 Å². The van der Waals surface area contributed by atoms with Gasteiger partial charge in [0.1, 0.15) is 6.04 Å². The van der Waals surface area contributed by atoms with E-state index in [1.807, 2.05) is 6.92 Å². The Kier molecular flexibility index (Phi) is 4.22. The van der Waals surface area contributed by atoms with Crippen LogP contribution < -0.4 is 5.32 Å². The maximum atomic E-state index is 12.4. The standard InChI is InChI=1S/C13H22N2O3/c1-9-4-3-7-15(11(9)13(17)18)12(16)10-5-2-6-14-8-10/h9-11,14H,2-8H2,1H3,(H,17,18). The lowest BCUT2D eigenvalue weighted by atomic mass is 9.88. The van der Waals surface area contributed by atoms with Gasteiger partial charge in [-0.2, -0.15) is 0 Å². The molecule has 0 radical (unpaired) electrons. The molecular formula is C13H22N2O3. The van der Waals surface area contributed by atoms with Crippen LogP contribution in [0.25, 0.3) is 0 Å². The molecule has 0 aromatic heterocycles. The van der Waals surface area contributed by atoms with Crippen molar-refractivity contribution in [1.29, 1.82) is 0 Å². The summed E-state index contributed by atoms with van der Waals surface area (Å²) < 4.78 is 0. The quantitative estimate of drug-likeness (QED) is 0.761. The Hall–Kier alpha value is -1.10. The molecule has 0 aromatic carbocycles. The van der Waals surface area contributed by atoms with Gasteiger partial charge >= 0.3 is 5.97 Å². The minimum Gasteiger partial charge on any atom is -0.480 e. The fraction of sp³-hybridized carbons (Fsp3) is 0.846. The van der Waals surface area contributed by atoms with E-state index in [1.54, 1.807) is 4.90 Å². The first-order valence-corrected chi connectivity index (χ1v) is 6.85. The van der Waals surface area contributed by atoms with Gasteiger partial charge in [0, 0.05) is 13.1 Å². The summed E-state index contributed by atoms with van der Waals surface area (Å²) in [5.41, 5.74) is 0. The summed E-state index contributed by atoms with van der Waals surface area (Å²) >= 11 is 0. The minimum atomic E-state index is -0.862. The van der Waals surface area contributed by atoms with Crippen LogP contribution in [-0.4, -0.2) is 47.6 Å². The molecule has 2 heterocycles. The van der Waals surface area contributed by atoms with Crippen molar-refractivity contribution >= 4 is 11.9 Å². The largest absolute Gasteiger partial charge is 0.480 e. The van der Waals surface area contributed by atoms with E-state index in [4.69, 9.17) is 0 Å². The summed E-state index contributed by atoms with van der Waals surface area (Å²) in [6.07, 6.45) is 3.68. The molecule has 0 spiro atoms. The fourth-order valence-corrected chi connectivity index (χ4v) is 3.11. The van der Waals surface area contributed by atoms with Gasteiger partial charge in [-0.1, -0.05) is 6.92 Å². The number of nitrogens with one attached hydrogen (secondary N) is 1. The van der Waals surface area contributed by atoms with Crippen molar-refractivity contribution in [3.63, 3.8) is 0 Å². The number of hydrogen-bond acceptors (Lipinski definition) is 3. The molecule has 5 nitrogen and oxygen atoms in total. The third-order valence-corrected chi connectivity index (χ3v) is 4.12. The van der Waals surface area contributed by atoms with E-state index in [-0.39, 0.29) is 17.7 Å². The van der Waals surface area contributed by atoms with Gasteiger partial charge in [0.25, 0.3) is 0 Å². The highest BCUT2D eigenvalue weighted by Gasteiger charge is 2.39. The predicted octanol–water partition coefficient (Wildman–Crippen LogP) is 0.698. The molecule has 2 aliphatic rings. The van der Waals surface area contributed by atoms with Crippen LogP contribution in [0.5, 0.6) is 0 Å². The average Bonchev–Trinajstić information content (AvgIpc) is 2.38. The molecule has 3 unspecified atom stereocenters.